The van der Waals surface area contributed by atoms with Crippen molar-refractivity contribution in [2.75, 3.05) is 0 Å². The molecule has 3 heterocycles. The molecule has 0 N–H and O–H groups in total. The van der Waals surface area contributed by atoms with E-state index in [1.807, 2.05) is 54.6 Å². The van der Waals surface area contributed by atoms with E-state index in [0.29, 0.717) is 5.56 Å². The largest absolute Gasteiger partial charge is 0.388 e. The highest BCUT2D eigenvalue weighted by Crippen LogP contribution is 2.46. The third-order valence-corrected chi connectivity index (χ3v) is 5.83. The monoisotopic (exact) mass is 371 g/mol. The maximum atomic E-state index is 12.9. The van der Waals surface area contributed by atoms with Crippen molar-refractivity contribution in [1.82, 2.24) is 10.0 Å². The van der Waals surface area contributed by atoms with Crippen LogP contribution in [0.3, 0.4) is 0 Å². The Morgan fingerprint density at radius 2 is 1.82 bits per heavy atom. The van der Waals surface area contributed by atoms with Crippen LogP contribution in [0, 0.1) is 5.92 Å². The van der Waals surface area contributed by atoms with Gasteiger partial charge >= 0.3 is 0 Å². The average molecular weight is 371 g/mol. The zero-order valence-electron chi connectivity index (χ0n) is 14.9. The topological polar surface area (TPSA) is 64.0 Å². The van der Waals surface area contributed by atoms with Crippen LogP contribution in [0.15, 0.2) is 71.9 Å². The summed E-state index contributed by atoms with van der Waals surface area (Å²) in [5.41, 5.74) is 3.14. The number of benzene rings is 2. The Hall–Kier alpha value is -3.25. The molecule has 3 aliphatic rings. The predicted octanol–water partition coefficient (Wildman–Crippen LogP) is 3.18. The molecule has 1 saturated carbocycles. The van der Waals surface area contributed by atoms with E-state index in [0.717, 1.165) is 28.7 Å². The number of carbonyl (C=O) groups excluding carboxylic acids is 1. The van der Waals surface area contributed by atoms with Crippen LogP contribution in [0.4, 0.5) is 0 Å². The Labute approximate surface area is 161 Å². The molecule has 4 atom stereocenters. The van der Waals surface area contributed by atoms with Gasteiger partial charge in [0.25, 0.3) is 5.91 Å². The zero-order chi connectivity index (χ0) is 18.7. The van der Waals surface area contributed by atoms with E-state index < -0.39 is 0 Å². The fourth-order valence-electron chi connectivity index (χ4n) is 4.52. The molecule has 2 fully saturated rings. The second kappa shape index (κ2) is 5.87. The van der Waals surface area contributed by atoms with Gasteiger partial charge < -0.3 is 4.84 Å². The molecule has 0 spiro atoms. The number of fused-ring (bicyclic) bond motifs is 6. The van der Waals surface area contributed by atoms with Gasteiger partial charge in [-0.2, -0.15) is 0 Å². The van der Waals surface area contributed by atoms with Gasteiger partial charge in [0.2, 0.25) is 0 Å². The number of aromatic nitrogens is 1. The van der Waals surface area contributed by atoms with Crippen molar-refractivity contribution in [2.24, 2.45) is 11.1 Å². The molecule has 1 amide bonds. The van der Waals surface area contributed by atoms with Crippen molar-refractivity contribution >= 4 is 22.5 Å². The Balaban J connectivity index is 1.34. The van der Waals surface area contributed by atoms with Gasteiger partial charge in [-0.3, -0.25) is 9.63 Å². The summed E-state index contributed by atoms with van der Waals surface area (Å²) in [7, 11) is 0. The van der Waals surface area contributed by atoms with Gasteiger partial charge in [-0.15, -0.1) is 0 Å². The Kier molecular flexibility index (Phi) is 3.31. The van der Waals surface area contributed by atoms with E-state index in [9.17, 15) is 4.79 Å². The first-order valence-electron chi connectivity index (χ1n) is 9.45. The molecule has 6 nitrogen and oxygen atoms in total. The first-order chi connectivity index (χ1) is 13.8. The van der Waals surface area contributed by atoms with Crippen LogP contribution in [-0.2, 0) is 9.68 Å². The van der Waals surface area contributed by atoms with Crippen molar-refractivity contribution in [2.45, 2.75) is 24.7 Å². The van der Waals surface area contributed by atoms with Gasteiger partial charge in [0.1, 0.15) is 11.8 Å². The normalized spacial score (nSPS) is 27.6. The van der Waals surface area contributed by atoms with Gasteiger partial charge in [0.05, 0.1) is 23.2 Å². The lowest BCUT2D eigenvalue weighted by atomic mass is 9.92. The Morgan fingerprint density at radius 1 is 1.00 bits per heavy atom. The lowest BCUT2D eigenvalue weighted by molar-refractivity contribution is -0.196. The molecule has 2 bridgehead atoms. The summed E-state index contributed by atoms with van der Waals surface area (Å²) in [6, 6.07) is 21.1. The molecule has 1 saturated heterocycles. The predicted molar refractivity (Wildman–Crippen MR) is 103 cm³/mol. The van der Waals surface area contributed by atoms with Gasteiger partial charge in [-0.05, 0) is 24.3 Å². The second-order valence-corrected chi connectivity index (χ2v) is 7.41. The maximum absolute atomic E-state index is 12.9. The summed E-state index contributed by atoms with van der Waals surface area (Å²) in [5, 5.41) is 6.94. The number of hydrogen-bond donors (Lipinski definition) is 0. The number of hydrogen-bond acceptors (Lipinski definition) is 5. The zero-order valence-corrected chi connectivity index (χ0v) is 14.9. The number of rotatable bonds is 2. The van der Waals surface area contributed by atoms with E-state index in [1.54, 1.807) is 12.1 Å². The van der Waals surface area contributed by atoms with Crippen LogP contribution in [0.5, 0.6) is 0 Å². The number of nitrogens with zero attached hydrogens (tertiary/aromatic N) is 3. The summed E-state index contributed by atoms with van der Waals surface area (Å²) in [6.45, 7) is 0. The van der Waals surface area contributed by atoms with Gasteiger partial charge in [-0.25, -0.2) is 10.0 Å². The van der Waals surface area contributed by atoms with Gasteiger partial charge in [0, 0.05) is 17.4 Å². The summed E-state index contributed by atoms with van der Waals surface area (Å²) >= 11 is 0. The standard InChI is InChI=1S/C22H17N3O3/c26-22(14-7-2-1-3-8-14)25-17-12-18(28-25)21-19(17)20(24-27-21)16-11-10-13-6-4-5-9-15(13)23-16/h1-11,17-19,21H,12H2/t17-,18+,19-,21-/m1/s1. The molecule has 1 aliphatic carbocycles. The van der Waals surface area contributed by atoms with Crippen LogP contribution in [0.25, 0.3) is 10.9 Å². The highest BCUT2D eigenvalue weighted by Gasteiger charge is 2.61. The average Bonchev–Trinajstić information content (AvgIpc) is 3.46. The minimum Gasteiger partial charge on any atom is -0.388 e. The number of amides is 1. The van der Waals surface area contributed by atoms with E-state index in [-0.39, 0.29) is 30.1 Å². The van der Waals surface area contributed by atoms with Crippen LogP contribution in [-0.4, -0.2) is 39.9 Å². The Bertz CT molecular complexity index is 1110. The fraction of sp³-hybridized carbons (Fsp3) is 0.227. The van der Waals surface area contributed by atoms with Crippen LogP contribution >= 0.6 is 0 Å². The molecule has 138 valence electrons. The van der Waals surface area contributed by atoms with Crippen molar-refractivity contribution in [3.8, 4) is 0 Å². The number of oxime groups is 1. The third-order valence-electron chi connectivity index (χ3n) is 5.83. The van der Waals surface area contributed by atoms with Crippen LogP contribution in [0.1, 0.15) is 22.5 Å². The van der Waals surface area contributed by atoms with Crippen molar-refractivity contribution in [3.63, 3.8) is 0 Å². The lowest BCUT2D eigenvalue weighted by Crippen LogP contribution is -2.49. The molecule has 2 aliphatic heterocycles. The number of carbonyl (C=O) groups is 1. The molecule has 28 heavy (non-hydrogen) atoms. The molecule has 3 aromatic rings. The van der Waals surface area contributed by atoms with E-state index in [4.69, 9.17) is 14.7 Å². The molecule has 1 aromatic heterocycles. The van der Waals surface area contributed by atoms with E-state index in [1.165, 1.54) is 5.06 Å². The van der Waals surface area contributed by atoms with Gasteiger partial charge in [0.15, 0.2) is 6.10 Å². The van der Waals surface area contributed by atoms with Crippen molar-refractivity contribution in [3.05, 3.63) is 78.0 Å². The van der Waals surface area contributed by atoms with Crippen LogP contribution in [0.2, 0.25) is 0 Å². The first-order valence-corrected chi connectivity index (χ1v) is 9.45. The molecular weight excluding hydrogens is 354 g/mol. The number of pyridine rings is 1. The SMILES string of the molecule is O=C(c1ccccc1)N1O[C@H]2C[C@@H]1[C@@H]1C(c3ccc4ccccc4n3)=NO[C@@H]12. The molecule has 0 unspecified atom stereocenters. The smallest absolute Gasteiger partial charge is 0.277 e. The highest BCUT2D eigenvalue weighted by atomic mass is 16.7. The summed E-state index contributed by atoms with van der Waals surface area (Å²) in [6.07, 6.45) is 0.429. The number of para-hydroxylation sites is 1. The summed E-state index contributed by atoms with van der Waals surface area (Å²) < 4.78 is 0. The molecule has 6 rings (SSSR count). The third kappa shape index (κ3) is 2.21. The van der Waals surface area contributed by atoms with Crippen LogP contribution < -0.4 is 0 Å². The maximum Gasteiger partial charge on any atom is 0.277 e. The quantitative estimate of drug-likeness (QED) is 0.694. The highest BCUT2D eigenvalue weighted by molar-refractivity contribution is 6.04. The molecular formula is C22H17N3O3. The second-order valence-electron chi connectivity index (χ2n) is 7.41. The van der Waals surface area contributed by atoms with E-state index >= 15 is 0 Å². The number of hydroxylamine groups is 2. The van der Waals surface area contributed by atoms with Gasteiger partial charge in [-0.1, -0.05) is 47.6 Å². The van der Waals surface area contributed by atoms with Crippen molar-refractivity contribution in [1.29, 1.82) is 0 Å². The van der Waals surface area contributed by atoms with E-state index in [2.05, 4.69) is 5.16 Å². The fourth-order valence-corrected chi connectivity index (χ4v) is 4.52. The Morgan fingerprint density at radius 3 is 2.71 bits per heavy atom. The molecule has 0 radical (unpaired) electrons. The molecule has 6 heteroatoms. The molecule has 2 aromatic carbocycles. The van der Waals surface area contributed by atoms with Crippen molar-refractivity contribution < 1.29 is 14.5 Å². The summed E-state index contributed by atoms with van der Waals surface area (Å²) in [5.74, 6) is -0.149. The summed E-state index contributed by atoms with van der Waals surface area (Å²) in [4.78, 5) is 29.3. The lowest BCUT2D eigenvalue weighted by Gasteiger charge is -2.32. The minimum absolute atomic E-state index is 0.0277. The first kappa shape index (κ1) is 15.8. The minimum atomic E-state index is -0.163.